The van der Waals surface area contributed by atoms with Gasteiger partial charge in [0.05, 0.1) is 0 Å². The van der Waals surface area contributed by atoms with Gasteiger partial charge in [0.25, 0.3) is 0 Å². The number of anilines is 1. The maximum absolute atomic E-state index is 12.9. The van der Waals surface area contributed by atoms with Crippen LogP contribution in [0.5, 0.6) is 0 Å². The summed E-state index contributed by atoms with van der Waals surface area (Å²) < 4.78 is 0. The fourth-order valence-corrected chi connectivity index (χ4v) is 4.47. The Bertz CT molecular complexity index is 543. The number of halogens is 1. The summed E-state index contributed by atoms with van der Waals surface area (Å²) in [4.78, 5) is 14.8. The average molecular weight is 351 g/mol. The van der Waals surface area contributed by atoms with Gasteiger partial charge in [-0.05, 0) is 61.1 Å². The third-order valence-corrected chi connectivity index (χ3v) is 6.04. The highest BCUT2D eigenvalue weighted by Crippen LogP contribution is 2.42. The van der Waals surface area contributed by atoms with E-state index in [-0.39, 0.29) is 24.2 Å². The molecule has 0 saturated heterocycles. The Labute approximate surface area is 152 Å². The van der Waals surface area contributed by atoms with E-state index in [9.17, 15) is 4.79 Å². The Morgan fingerprint density at radius 3 is 2.17 bits per heavy atom. The minimum Gasteiger partial charge on any atom is -0.327 e. The number of amides is 1. The Morgan fingerprint density at radius 1 is 1.12 bits per heavy atom. The summed E-state index contributed by atoms with van der Waals surface area (Å²) in [5.41, 5.74) is 8.67. The SMILES string of the molecule is CC(C)c1ccc(N(C)C(=O)C2CC3CCCC(C2)C3N)cc1.Cl. The first-order valence-corrected chi connectivity index (χ1v) is 9.10. The maximum atomic E-state index is 12.9. The molecule has 2 aliphatic carbocycles. The van der Waals surface area contributed by atoms with Crippen molar-refractivity contribution in [2.24, 2.45) is 23.5 Å². The van der Waals surface area contributed by atoms with Crippen LogP contribution in [0, 0.1) is 17.8 Å². The van der Waals surface area contributed by atoms with E-state index in [0.717, 1.165) is 18.5 Å². The molecule has 3 rings (SSSR count). The summed E-state index contributed by atoms with van der Waals surface area (Å²) in [7, 11) is 1.91. The number of hydrogen-bond acceptors (Lipinski definition) is 2. The van der Waals surface area contributed by atoms with Crippen molar-refractivity contribution in [1.82, 2.24) is 0 Å². The lowest BCUT2D eigenvalue weighted by atomic mass is 9.65. The summed E-state index contributed by atoms with van der Waals surface area (Å²) in [6.07, 6.45) is 5.65. The van der Waals surface area contributed by atoms with Crippen molar-refractivity contribution in [2.75, 3.05) is 11.9 Å². The van der Waals surface area contributed by atoms with Crippen molar-refractivity contribution in [1.29, 1.82) is 0 Å². The van der Waals surface area contributed by atoms with Gasteiger partial charge in [0.1, 0.15) is 0 Å². The summed E-state index contributed by atoms with van der Waals surface area (Å²) in [5, 5.41) is 0. The van der Waals surface area contributed by atoms with Gasteiger partial charge in [0.2, 0.25) is 5.91 Å². The third kappa shape index (κ3) is 3.78. The molecule has 4 heteroatoms. The van der Waals surface area contributed by atoms with Gasteiger partial charge in [-0.2, -0.15) is 0 Å². The number of carbonyl (C=O) groups is 1. The van der Waals surface area contributed by atoms with Crippen LogP contribution in [0.15, 0.2) is 24.3 Å². The van der Waals surface area contributed by atoms with E-state index in [2.05, 4.69) is 38.1 Å². The van der Waals surface area contributed by atoms with Crippen LogP contribution in [0.25, 0.3) is 0 Å². The van der Waals surface area contributed by atoms with Gasteiger partial charge in [-0.15, -0.1) is 12.4 Å². The topological polar surface area (TPSA) is 46.3 Å². The van der Waals surface area contributed by atoms with Crippen LogP contribution in [-0.2, 0) is 4.79 Å². The Balaban J connectivity index is 0.00000208. The zero-order chi connectivity index (χ0) is 16.6. The third-order valence-electron chi connectivity index (χ3n) is 6.04. The summed E-state index contributed by atoms with van der Waals surface area (Å²) in [6, 6.07) is 8.74. The van der Waals surface area contributed by atoms with E-state index >= 15 is 0 Å². The zero-order valence-electron chi connectivity index (χ0n) is 15.1. The molecule has 0 spiro atoms. The molecule has 2 saturated carbocycles. The molecule has 2 bridgehead atoms. The molecule has 3 nitrogen and oxygen atoms in total. The summed E-state index contributed by atoms with van der Waals surface area (Å²) in [6.45, 7) is 4.38. The Hall–Kier alpha value is -1.06. The van der Waals surface area contributed by atoms with Gasteiger partial charge < -0.3 is 10.6 Å². The lowest BCUT2D eigenvalue weighted by Crippen LogP contribution is -2.49. The molecule has 2 unspecified atom stereocenters. The van der Waals surface area contributed by atoms with Crippen molar-refractivity contribution in [3.8, 4) is 0 Å². The van der Waals surface area contributed by atoms with Crippen molar-refractivity contribution in [2.45, 2.75) is 57.9 Å². The first-order chi connectivity index (χ1) is 11.0. The largest absolute Gasteiger partial charge is 0.327 e. The van der Waals surface area contributed by atoms with E-state index < -0.39 is 0 Å². The van der Waals surface area contributed by atoms with Gasteiger partial charge in [0.15, 0.2) is 0 Å². The minimum atomic E-state index is 0. The first kappa shape index (κ1) is 19.3. The molecule has 1 aromatic rings. The molecule has 134 valence electrons. The van der Waals surface area contributed by atoms with Gasteiger partial charge >= 0.3 is 0 Å². The molecule has 1 amide bonds. The second-order valence-corrected chi connectivity index (χ2v) is 7.84. The molecule has 0 aliphatic heterocycles. The average Bonchev–Trinajstić information content (AvgIpc) is 2.53. The summed E-state index contributed by atoms with van der Waals surface area (Å²) >= 11 is 0. The van der Waals surface area contributed by atoms with Gasteiger partial charge in [-0.1, -0.05) is 32.4 Å². The Kier molecular flexibility index (Phi) is 6.33. The van der Waals surface area contributed by atoms with Crippen molar-refractivity contribution in [3.05, 3.63) is 29.8 Å². The zero-order valence-corrected chi connectivity index (χ0v) is 15.9. The highest BCUT2D eigenvalue weighted by Gasteiger charge is 2.41. The molecule has 0 heterocycles. The molecule has 1 aromatic carbocycles. The number of hydrogen-bond donors (Lipinski definition) is 1. The van der Waals surface area contributed by atoms with Gasteiger partial charge in [-0.3, -0.25) is 4.79 Å². The number of rotatable bonds is 3. The van der Waals surface area contributed by atoms with Gasteiger partial charge in [-0.25, -0.2) is 0 Å². The molecule has 0 aromatic heterocycles. The van der Waals surface area contributed by atoms with Crippen LogP contribution in [0.1, 0.15) is 57.4 Å². The van der Waals surface area contributed by atoms with E-state index in [1.165, 1.54) is 24.8 Å². The second kappa shape index (κ2) is 7.88. The van der Waals surface area contributed by atoms with Crippen LogP contribution >= 0.6 is 12.4 Å². The van der Waals surface area contributed by atoms with Crippen LogP contribution in [0.2, 0.25) is 0 Å². The predicted octanol–water partition coefficient (Wildman–Crippen LogP) is 4.35. The smallest absolute Gasteiger partial charge is 0.229 e. The van der Waals surface area contributed by atoms with E-state index in [0.29, 0.717) is 23.8 Å². The highest BCUT2D eigenvalue weighted by molar-refractivity contribution is 5.94. The van der Waals surface area contributed by atoms with Crippen LogP contribution < -0.4 is 10.6 Å². The molecule has 2 atom stereocenters. The number of benzene rings is 1. The molecule has 0 radical (unpaired) electrons. The molecule has 2 fully saturated rings. The standard InChI is InChI=1S/C20H30N2O.ClH/c1-13(2)14-7-9-18(10-8-14)22(3)20(23)17-11-15-5-4-6-16(12-17)19(15)21;/h7-10,13,15-17,19H,4-6,11-12,21H2,1-3H3;1H. The quantitative estimate of drug-likeness (QED) is 0.880. The number of carbonyl (C=O) groups excluding carboxylic acids is 1. The highest BCUT2D eigenvalue weighted by atomic mass is 35.5. The van der Waals surface area contributed by atoms with Crippen LogP contribution in [-0.4, -0.2) is 19.0 Å². The summed E-state index contributed by atoms with van der Waals surface area (Å²) in [5.74, 6) is 2.04. The fourth-order valence-electron chi connectivity index (χ4n) is 4.47. The lowest BCUT2D eigenvalue weighted by Gasteiger charge is -2.44. The van der Waals surface area contributed by atoms with E-state index in [4.69, 9.17) is 5.73 Å². The maximum Gasteiger partial charge on any atom is 0.229 e. The van der Waals surface area contributed by atoms with Crippen molar-refractivity contribution < 1.29 is 4.79 Å². The molecule has 2 N–H and O–H groups in total. The lowest BCUT2D eigenvalue weighted by molar-refractivity contribution is -0.124. The first-order valence-electron chi connectivity index (χ1n) is 9.10. The van der Waals surface area contributed by atoms with E-state index in [1.54, 1.807) is 0 Å². The number of nitrogens with zero attached hydrogens (tertiary/aromatic N) is 1. The number of nitrogens with two attached hydrogens (primary N) is 1. The molecule has 24 heavy (non-hydrogen) atoms. The monoisotopic (exact) mass is 350 g/mol. The fraction of sp³-hybridized carbons (Fsp3) is 0.650. The second-order valence-electron chi connectivity index (χ2n) is 7.84. The Morgan fingerprint density at radius 2 is 1.67 bits per heavy atom. The van der Waals surface area contributed by atoms with Crippen molar-refractivity contribution in [3.63, 3.8) is 0 Å². The normalized spacial score (nSPS) is 29.0. The minimum absolute atomic E-state index is 0. The molecule has 2 aliphatic rings. The molecular formula is C20H31ClN2O. The van der Waals surface area contributed by atoms with Crippen LogP contribution in [0.4, 0.5) is 5.69 Å². The van der Waals surface area contributed by atoms with Gasteiger partial charge in [0, 0.05) is 24.7 Å². The molecular weight excluding hydrogens is 320 g/mol. The van der Waals surface area contributed by atoms with Crippen molar-refractivity contribution >= 4 is 24.0 Å². The van der Waals surface area contributed by atoms with Crippen LogP contribution in [0.3, 0.4) is 0 Å². The van der Waals surface area contributed by atoms with E-state index in [1.807, 2.05) is 11.9 Å². The predicted molar refractivity (Wildman–Crippen MR) is 103 cm³/mol. The number of fused-ring (bicyclic) bond motifs is 2.